The monoisotopic (exact) mass is 444 g/mol. The number of hydrogen-bond acceptors (Lipinski definition) is 8. The first kappa shape index (κ1) is 35.5. The lowest BCUT2D eigenvalue weighted by Gasteiger charge is -1.89. The zero-order chi connectivity index (χ0) is 25.1. The molecule has 0 aliphatic heterocycles. The van der Waals surface area contributed by atoms with Gasteiger partial charge >= 0.3 is 23.9 Å². The second kappa shape index (κ2) is 29.3. The fourth-order valence-corrected chi connectivity index (χ4v) is 1.35. The van der Waals surface area contributed by atoms with E-state index in [9.17, 15) is 19.2 Å². The number of hydrogen-bond donors (Lipinski definition) is 0. The molecule has 8 heteroatoms. The van der Waals surface area contributed by atoms with Crippen molar-refractivity contribution in [3.8, 4) is 0 Å². The number of esters is 4. The molecule has 0 unspecified atom stereocenters. The average molecular weight is 445 g/mol. The molecule has 0 fully saturated rings. The summed E-state index contributed by atoms with van der Waals surface area (Å²) in [5, 5.41) is 0. The van der Waals surface area contributed by atoms with E-state index in [-0.39, 0.29) is 23.9 Å². The molecule has 180 valence electrons. The van der Waals surface area contributed by atoms with Crippen molar-refractivity contribution in [2.75, 3.05) is 26.4 Å². The van der Waals surface area contributed by atoms with Crippen LogP contribution in [0.25, 0.3) is 0 Å². The molecular weight excluding hydrogens is 404 g/mol. The Balaban J connectivity index is -0.000000147. The second-order valence-corrected chi connectivity index (χ2v) is 5.35. The van der Waals surface area contributed by atoms with E-state index in [1.165, 1.54) is 33.3 Å². The number of carbonyl (C=O) groups is 4. The van der Waals surface area contributed by atoms with Gasteiger partial charge in [0.1, 0.15) is 0 Å². The zero-order valence-electron chi connectivity index (χ0n) is 20.5. The zero-order valence-corrected chi connectivity index (χ0v) is 20.5. The van der Waals surface area contributed by atoms with Crippen molar-refractivity contribution >= 4 is 23.9 Å². The van der Waals surface area contributed by atoms with Crippen molar-refractivity contribution in [3.63, 3.8) is 0 Å². The van der Waals surface area contributed by atoms with Gasteiger partial charge in [-0.25, -0.2) is 0 Å². The van der Waals surface area contributed by atoms with E-state index in [4.69, 9.17) is 0 Å². The third-order valence-corrected chi connectivity index (χ3v) is 2.33. The number of benzene rings is 1. The Labute approximate surface area is 187 Å². The van der Waals surface area contributed by atoms with E-state index >= 15 is 0 Å². The van der Waals surface area contributed by atoms with Gasteiger partial charge in [-0.1, -0.05) is 35.9 Å². The number of carbonyl (C=O) groups excluding carboxylic acids is 4. The van der Waals surface area contributed by atoms with Crippen LogP contribution >= 0.6 is 0 Å². The molecule has 0 amide bonds. The topological polar surface area (TPSA) is 105 Å². The largest absolute Gasteiger partial charge is 0.466 e. The lowest BCUT2D eigenvalue weighted by molar-refractivity contribution is -0.141. The smallest absolute Gasteiger partial charge is 0.302 e. The standard InChI is InChI=1S/C7H8.4C4H8O2/c1-7-5-3-2-4-6-7;4*1-3-6-4(2)5/h2-6H,1H3;4*3H2,1-2H3. The quantitative estimate of drug-likeness (QED) is 0.501. The van der Waals surface area contributed by atoms with E-state index in [0.29, 0.717) is 26.4 Å². The van der Waals surface area contributed by atoms with Crippen LogP contribution < -0.4 is 0 Å². The summed E-state index contributed by atoms with van der Waals surface area (Å²) in [7, 11) is 0. The summed E-state index contributed by atoms with van der Waals surface area (Å²) in [4.78, 5) is 39.3. The van der Waals surface area contributed by atoms with Gasteiger partial charge in [-0.15, -0.1) is 0 Å². The van der Waals surface area contributed by atoms with Crippen LogP contribution in [0.3, 0.4) is 0 Å². The van der Waals surface area contributed by atoms with Gasteiger partial charge in [0.05, 0.1) is 26.4 Å². The Morgan fingerprint density at radius 1 is 0.548 bits per heavy atom. The molecule has 0 saturated heterocycles. The van der Waals surface area contributed by atoms with E-state index in [1.54, 1.807) is 27.7 Å². The highest BCUT2D eigenvalue weighted by Crippen LogP contribution is 1.92. The normalized spacial score (nSPS) is 7.90. The fraction of sp³-hybridized carbons (Fsp3) is 0.565. The molecule has 0 heterocycles. The SMILES string of the molecule is CCOC(C)=O.CCOC(C)=O.CCOC(C)=O.CCOC(C)=O.Cc1ccccc1. The van der Waals surface area contributed by atoms with Crippen molar-refractivity contribution in [3.05, 3.63) is 35.9 Å². The summed E-state index contributed by atoms with van der Waals surface area (Å²) in [5.41, 5.74) is 1.32. The summed E-state index contributed by atoms with van der Waals surface area (Å²) in [6.45, 7) is 16.7. The molecule has 8 nitrogen and oxygen atoms in total. The van der Waals surface area contributed by atoms with Gasteiger partial charge in [0.25, 0.3) is 0 Å². The van der Waals surface area contributed by atoms with Gasteiger partial charge in [0.2, 0.25) is 0 Å². The molecule has 0 aliphatic carbocycles. The highest BCUT2D eigenvalue weighted by Gasteiger charge is 1.83. The van der Waals surface area contributed by atoms with Gasteiger partial charge in [-0.05, 0) is 34.6 Å². The minimum absolute atomic E-state index is 0.211. The van der Waals surface area contributed by atoms with Crippen molar-refractivity contribution < 1.29 is 38.1 Å². The summed E-state index contributed by atoms with van der Waals surface area (Å²) in [5.74, 6) is -0.843. The first-order valence-electron chi connectivity index (χ1n) is 10.0. The molecule has 0 saturated carbocycles. The predicted octanol–water partition coefficient (Wildman–Crippen LogP) is 4.27. The lowest BCUT2D eigenvalue weighted by Crippen LogP contribution is -1.95. The van der Waals surface area contributed by atoms with Gasteiger partial charge in [0, 0.05) is 27.7 Å². The van der Waals surface area contributed by atoms with Crippen molar-refractivity contribution in [2.24, 2.45) is 0 Å². The van der Waals surface area contributed by atoms with E-state index in [2.05, 4.69) is 38.0 Å². The molecule has 0 atom stereocenters. The summed E-state index contributed by atoms with van der Waals surface area (Å²) >= 11 is 0. The van der Waals surface area contributed by atoms with E-state index in [1.807, 2.05) is 18.2 Å². The molecule has 31 heavy (non-hydrogen) atoms. The summed E-state index contributed by atoms with van der Waals surface area (Å²) in [6, 6.07) is 10.3. The third kappa shape index (κ3) is 58.4. The lowest BCUT2D eigenvalue weighted by atomic mass is 10.2. The fourth-order valence-electron chi connectivity index (χ4n) is 1.35. The molecule has 0 aliphatic rings. The summed E-state index contributed by atoms with van der Waals surface area (Å²) in [6.07, 6.45) is 0. The van der Waals surface area contributed by atoms with E-state index in [0.717, 1.165) is 0 Å². The minimum atomic E-state index is -0.211. The minimum Gasteiger partial charge on any atom is -0.466 e. The Bertz CT molecular complexity index is 492. The molecule has 0 radical (unpaired) electrons. The highest BCUT2D eigenvalue weighted by atomic mass is 16.5. The maximum Gasteiger partial charge on any atom is 0.302 e. The van der Waals surface area contributed by atoms with Crippen LogP contribution in [0.4, 0.5) is 0 Å². The molecule has 1 aromatic carbocycles. The van der Waals surface area contributed by atoms with Gasteiger partial charge in [0.15, 0.2) is 0 Å². The second-order valence-electron chi connectivity index (χ2n) is 5.35. The number of aryl methyl sites for hydroxylation is 1. The Hall–Kier alpha value is -2.90. The van der Waals surface area contributed by atoms with E-state index < -0.39 is 0 Å². The van der Waals surface area contributed by atoms with Crippen LogP contribution in [-0.4, -0.2) is 50.3 Å². The first-order valence-corrected chi connectivity index (χ1v) is 10.0. The van der Waals surface area contributed by atoms with Crippen LogP contribution in [-0.2, 0) is 38.1 Å². The molecule has 0 N–H and O–H groups in total. The maximum absolute atomic E-state index is 9.82. The predicted molar refractivity (Wildman–Crippen MR) is 120 cm³/mol. The highest BCUT2D eigenvalue weighted by molar-refractivity contribution is 5.66. The van der Waals surface area contributed by atoms with Crippen molar-refractivity contribution in [1.82, 2.24) is 0 Å². The van der Waals surface area contributed by atoms with Crippen LogP contribution in [0.2, 0.25) is 0 Å². The molecule has 0 bridgehead atoms. The number of ether oxygens (including phenoxy) is 4. The third-order valence-electron chi connectivity index (χ3n) is 2.33. The Kier molecular flexibility index (Phi) is 33.6. The van der Waals surface area contributed by atoms with Gasteiger partial charge in [-0.2, -0.15) is 0 Å². The maximum atomic E-state index is 9.82. The van der Waals surface area contributed by atoms with Crippen LogP contribution in [0, 0.1) is 6.92 Å². The molecule has 0 spiro atoms. The van der Waals surface area contributed by atoms with Gasteiger partial charge in [-0.3, -0.25) is 19.2 Å². The Morgan fingerprint density at radius 3 is 0.839 bits per heavy atom. The summed E-state index contributed by atoms with van der Waals surface area (Å²) < 4.78 is 17.6. The van der Waals surface area contributed by atoms with Crippen molar-refractivity contribution in [1.29, 1.82) is 0 Å². The molecule has 0 aromatic heterocycles. The molecule has 1 aromatic rings. The first-order chi connectivity index (χ1) is 14.5. The molecule has 1 rings (SSSR count). The van der Waals surface area contributed by atoms with Crippen LogP contribution in [0.5, 0.6) is 0 Å². The van der Waals surface area contributed by atoms with Crippen LogP contribution in [0.15, 0.2) is 30.3 Å². The Morgan fingerprint density at radius 2 is 0.774 bits per heavy atom. The van der Waals surface area contributed by atoms with Crippen LogP contribution in [0.1, 0.15) is 61.0 Å². The number of rotatable bonds is 4. The van der Waals surface area contributed by atoms with Crippen molar-refractivity contribution in [2.45, 2.75) is 62.3 Å². The average Bonchev–Trinajstić information content (AvgIpc) is 2.64. The van der Waals surface area contributed by atoms with Gasteiger partial charge < -0.3 is 18.9 Å². The molecular formula is C23H40O8.